The van der Waals surface area contributed by atoms with Crippen molar-refractivity contribution in [2.45, 2.75) is 13.8 Å². The Hall–Kier alpha value is -3.35. The minimum absolute atomic E-state index is 0.128. The number of anilines is 1. The van der Waals surface area contributed by atoms with Gasteiger partial charge in [-0.2, -0.15) is 5.10 Å². The number of esters is 2. The number of para-hydroxylation sites is 1. The lowest BCUT2D eigenvalue weighted by molar-refractivity contribution is -0.140. The maximum absolute atomic E-state index is 11.8. The Labute approximate surface area is 151 Å². The van der Waals surface area contributed by atoms with Crippen LogP contribution >= 0.6 is 0 Å². The third-order valence-electron chi connectivity index (χ3n) is 3.07. The van der Waals surface area contributed by atoms with Gasteiger partial charge in [-0.15, -0.1) is 0 Å². The molecule has 0 saturated carbocycles. The number of hydrazone groups is 1. The van der Waals surface area contributed by atoms with E-state index in [1.807, 2.05) is 30.3 Å². The van der Waals surface area contributed by atoms with Gasteiger partial charge in [0.05, 0.1) is 18.9 Å². The number of ether oxygens (including phenoxy) is 3. The summed E-state index contributed by atoms with van der Waals surface area (Å²) < 4.78 is 15.3. The topological polar surface area (TPSA) is 86.2 Å². The normalized spacial score (nSPS) is 9.77. The van der Waals surface area contributed by atoms with Crippen LogP contribution in [0.2, 0.25) is 0 Å². The molecule has 7 nitrogen and oxygen atoms in total. The summed E-state index contributed by atoms with van der Waals surface area (Å²) in [6.45, 7) is 3.53. The van der Waals surface area contributed by atoms with Crippen LogP contribution in [0.15, 0.2) is 59.7 Å². The molecule has 0 atom stereocenters. The fraction of sp³-hybridized carbons (Fsp3) is 0.211. The fourth-order valence-electron chi connectivity index (χ4n) is 1.92. The summed E-state index contributed by atoms with van der Waals surface area (Å²) in [5.41, 5.74) is 2.77. The molecule has 0 aliphatic rings. The third kappa shape index (κ3) is 5.62. The van der Waals surface area contributed by atoms with Crippen LogP contribution in [0.3, 0.4) is 0 Å². The van der Waals surface area contributed by atoms with E-state index in [0.717, 1.165) is 5.75 Å². The van der Waals surface area contributed by atoms with Gasteiger partial charge in [-0.25, -0.2) is 9.59 Å². The molecular formula is C19H20N2O5. The molecule has 2 aromatic carbocycles. The number of rotatable bonds is 8. The van der Waals surface area contributed by atoms with Gasteiger partial charge in [-0.3, -0.25) is 5.43 Å². The molecule has 0 spiro atoms. The van der Waals surface area contributed by atoms with Gasteiger partial charge in [0, 0.05) is 0 Å². The highest BCUT2D eigenvalue weighted by Gasteiger charge is 2.23. The lowest BCUT2D eigenvalue weighted by Crippen LogP contribution is -2.29. The van der Waals surface area contributed by atoms with Crippen LogP contribution in [0.5, 0.6) is 11.5 Å². The van der Waals surface area contributed by atoms with Crippen LogP contribution in [-0.4, -0.2) is 30.9 Å². The van der Waals surface area contributed by atoms with Crippen molar-refractivity contribution in [3.8, 4) is 11.5 Å². The summed E-state index contributed by atoms with van der Waals surface area (Å²) in [6, 6.07) is 16.2. The molecule has 2 rings (SSSR count). The van der Waals surface area contributed by atoms with Gasteiger partial charge >= 0.3 is 11.9 Å². The van der Waals surface area contributed by atoms with Crippen LogP contribution in [0.4, 0.5) is 5.69 Å². The summed E-state index contributed by atoms with van der Waals surface area (Å²) in [5, 5.41) is 3.82. The van der Waals surface area contributed by atoms with Gasteiger partial charge in [-0.05, 0) is 50.2 Å². The largest absolute Gasteiger partial charge is 0.461 e. The lowest BCUT2D eigenvalue weighted by atomic mass is 10.3. The molecule has 0 saturated heterocycles. The Morgan fingerprint density at radius 1 is 0.846 bits per heavy atom. The summed E-state index contributed by atoms with van der Waals surface area (Å²) in [6.07, 6.45) is 0. The summed E-state index contributed by atoms with van der Waals surface area (Å²) in [7, 11) is 0. The lowest BCUT2D eigenvalue weighted by Gasteiger charge is -2.08. The highest BCUT2D eigenvalue weighted by atomic mass is 16.6. The van der Waals surface area contributed by atoms with Crippen LogP contribution in [0.1, 0.15) is 13.8 Å². The second-order valence-corrected chi connectivity index (χ2v) is 4.95. The maximum atomic E-state index is 11.8. The Bertz CT molecular complexity index is 737. The maximum Gasteiger partial charge on any atom is 0.366 e. The highest BCUT2D eigenvalue weighted by Crippen LogP contribution is 2.22. The Morgan fingerprint density at radius 3 is 1.92 bits per heavy atom. The average Bonchev–Trinajstić information content (AvgIpc) is 2.64. The molecule has 0 radical (unpaired) electrons. The second-order valence-electron chi connectivity index (χ2n) is 4.95. The summed E-state index contributed by atoms with van der Waals surface area (Å²) >= 11 is 0. The molecule has 0 aromatic heterocycles. The van der Waals surface area contributed by atoms with Gasteiger partial charge in [0.2, 0.25) is 0 Å². The predicted molar refractivity (Wildman–Crippen MR) is 97.3 cm³/mol. The molecule has 1 N–H and O–H groups in total. The smallest absolute Gasteiger partial charge is 0.366 e. The number of carbonyl (C=O) groups excluding carboxylic acids is 2. The first-order valence-corrected chi connectivity index (χ1v) is 8.15. The molecule has 2 aromatic rings. The Balaban J connectivity index is 2.06. The first kappa shape index (κ1) is 19.0. The number of carbonyl (C=O) groups is 2. The van der Waals surface area contributed by atoms with E-state index < -0.39 is 17.7 Å². The van der Waals surface area contributed by atoms with E-state index in [0.29, 0.717) is 11.4 Å². The van der Waals surface area contributed by atoms with E-state index in [2.05, 4.69) is 10.5 Å². The monoisotopic (exact) mass is 356 g/mol. The number of nitrogens with zero attached hydrogens (tertiary/aromatic N) is 1. The van der Waals surface area contributed by atoms with Crippen LogP contribution in [0.25, 0.3) is 0 Å². The van der Waals surface area contributed by atoms with Crippen molar-refractivity contribution in [3.05, 3.63) is 54.6 Å². The Morgan fingerprint density at radius 2 is 1.38 bits per heavy atom. The van der Waals surface area contributed by atoms with Crippen molar-refractivity contribution in [1.29, 1.82) is 0 Å². The molecule has 0 heterocycles. The Kier molecular flexibility index (Phi) is 7.17. The number of hydrogen-bond donors (Lipinski definition) is 1. The van der Waals surface area contributed by atoms with Crippen molar-refractivity contribution >= 4 is 23.3 Å². The van der Waals surface area contributed by atoms with Gasteiger partial charge in [0.15, 0.2) is 0 Å². The molecule has 26 heavy (non-hydrogen) atoms. The molecule has 136 valence electrons. The van der Waals surface area contributed by atoms with Crippen molar-refractivity contribution in [2.75, 3.05) is 18.6 Å². The standard InChI is InChI=1S/C19H20N2O5/c1-3-24-18(22)17(19(23)25-4-2)21-20-14-10-12-16(13-11-14)26-15-8-6-5-7-9-15/h5-13,20H,3-4H2,1-2H3. The molecular weight excluding hydrogens is 336 g/mol. The van der Waals surface area contributed by atoms with E-state index in [1.165, 1.54) is 0 Å². The van der Waals surface area contributed by atoms with Crippen molar-refractivity contribution in [1.82, 2.24) is 0 Å². The van der Waals surface area contributed by atoms with Crippen LogP contribution < -0.4 is 10.2 Å². The quantitative estimate of drug-likeness (QED) is 0.338. The first-order valence-electron chi connectivity index (χ1n) is 8.15. The van der Waals surface area contributed by atoms with Gasteiger partial charge in [-0.1, -0.05) is 18.2 Å². The van der Waals surface area contributed by atoms with Crippen molar-refractivity contribution in [3.63, 3.8) is 0 Å². The van der Waals surface area contributed by atoms with E-state index in [9.17, 15) is 9.59 Å². The first-order chi connectivity index (χ1) is 12.6. The number of hydrogen-bond acceptors (Lipinski definition) is 7. The van der Waals surface area contributed by atoms with Crippen LogP contribution in [0, 0.1) is 0 Å². The van der Waals surface area contributed by atoms with E-state index in [-0.39, 0.29) is 13.2 Å². The zero-order valence-electron chi connectivity index (χ0n) is 14.6. The van der Waals surface area contributed by atoms with Crippen molar-refractivity contribution in [2.24, 2.45) is 5.10 Å². The molecule has 0 aliphatic heterocycles. The van der Waals surface area contributed by atoms with Gasteiger partial charge < -0.3 is 14.2 Å². The molecule has 0 amide bonds. The molecule has 0 bridgehead atoms. The summed E-state index contributed by atoms with van der Waals surface area (Å²) in [4.78, 5) is 23.6. The highest BCUT2D eigenvalue weighted by molar-refractivity contribution is 6.62. The zero-order chi connectivity index (χ0) is 18.8. The fourth-order valence-corrected chi connectivity index (χ4v) is 1.92. The number of benzene rings is 2. The zero-order valence-corrected chi connectivity index (χ0v) is 14.6. The van der Waals surface area contributed by atoms with Crippen molar-refractivity contribution < 1.29 is 23.8 Å². The minimum atomic E-state index is -0.845. The summed E-state index contributed by atoms with van der Waals surface area (Å²) in [5.74, 6) is -0.329. The average molecular weight is 356 g/mol. The minimum Gasteiger partial charge on any atom is -0.461 e. The SMILES string of the molecule is CCOC(=O)C(=NNc1ccc(Oc2ccccc2)cc1)C(=O)OCC. The molecule has 0 unspecified atom stereocenters. The molecule has 7 heteroatoms. The second kappa shape index (κ2) is 9.83. The van der Waals surface area contributed by atoms with E-state index in [4.69, 9.17) is 14.2 Å². The van der Waals surface area contributed by atoms with Gasteiger partial charge in [0.1, 0.15) is 11.5 Å². The predicted octanol–water partition coefficient (Wildman–Crippen LogP) is 3.37. The van der Waals surface area contributed by atoms with E-state index >= 15 is 0 Å². The van der Waals surface area contributed by atoms with Gasteiger partial charge in [0.25, 0.3) is 5.71 Å². The molecule has 0 aliphatic carbocycles. The molecule has 0 fully saturated rings. The number of nitrogens with one attached hydrogen (secondary N) is 1. The van der Waals surface area contributed by atoms with E-state index in [1.54, 1.807) is 38.1 Å². The third-order valence-corrected chi connectivity index (χ3v) is 3.07. The van der Waals surface area contributed by atoms with Crippen LogP contribution in [-0.2, 0) is 19.1 Å².